The van der Waals surface area contributed by atoms with Crippen molar-refractivity contribution >= 4 is 13.8 Å². The van der Waals surface area contributed by atoms with E-state index in [0.717, 1.165) is 25.7 Å². The summed E-state index contributed by atoms with van der Waals surface area (Å²) in [6.45, 7) is 4.32. The molecule has 0 aromatic carbocycles. The van der Waals surface area contributed by atoms with Crippen LogP contribution in [0.15, 0.2) is 60.9 Å². The predicted octanol–water partition coefficient (Wildman–Crippen LogP) is 8.70. The van der Waals surface area contributed by atoms with Gasteiger partial charge < -0.3 is 20.1 Å². The number of unbranched alkanes of at least 4 members (excludes halogenated alkanes) is 14. The van der Waals surface area contributed by atoms with E-state index in [4.69, 9.17) is 18.5 Å². The van der Waals surface area contributed by atoms with Gasteiger partial charge in [0.05, 0.1) is 19.4 Å². The molecule has 0 aliphatic rings. The maximum absolute atomic E-state index is 12.5. The molecule has 0 radical (unpaired) electrons. The molecular formula is C35H63NO7P+. The summed E-state index contributed by atoms with van der Waals surface area (Å²) in [6.07, 6.45) is 37.9. The van der Waals surface area contributed by atoms with Gasteiger partial charge in [-0.05, 0) is 18.9 Å². The summed E-state index contributed by atoms with van der Waals surface area (Å²) in [7, 11) is -4.26. The minimum absolute atomic E-state index is 0.0112. The lowest BCUT2D eigenvalue weighted by molar-refractivity contribution is -0.371. The minimum Gasteiger partial charge on any atom is -0.497 e. The highest BCUT2D eigenvalue weighted by atomic mass is 31.2. The number of phosphoric acid groups is 1. The van der Waals surface area contributed by atoms with E-state index in [-0.39, 0.29) is 32.2 Å². The van der Waals surface area contributed by atoms with Crippen LogP contribution in [0.25, 0.3) is 0 Å². The van der Waals surface area contributed by atoms with Crippen LogP contribution in [0.2, 0.25) is 0 Å². The molecule has 0 aromatic rings. The van der Waals surface area contributed by atoms with Crippen molar-refractivity contribution in [3.05, 3.63) is 60.9 Å². The fraction of sp³-hybridized carbons (Fsp3) is 0.686. The van der Waals surface area contributed by atoms with Gasteiger partial charge in [0.2, 0.25) is 0 Å². The van der Waals surface area contributed by atoms with Gasteiger partial charge in [-0.3, -0.25) is 13.8 Å². The van der Waals surface area contributed by atoms with Crippen molar-refractivity contribution in [2.45, 2.75) is 129 Å². The first kappa shape index (κ1) is 42.0. The number of quaternary nitrogens is 1. The van der Waals surface area contributed by atoms with Crippen LogP contribution in [-0.4, -0.2) is 43.3 Å². The van der Waals surface area contributed by atoms with E-state index < -0.39 is 13.9 Å². The molecule has 44 heavy (non-hydrogen) atoms. The van der Waals surface area contributed by atoms with E-state index in [1.807, 2.05) is 36.5 Å². The standard InChI is InChI=1S/C35H62NO7P/c1-3-5-7-9-11-13-15-16-17-18-19-20-22-24-26-28-35(37)43-34(33-42-44(38,39)41-31-29-36)32-40-30-27-25-23-21-14-12-10-8-6-4-2/h6,8,10,12,14,21,23,25,27,30,34H,3-5,7,9,11,13,15-20,22,24,26,28-29,31-33,36H2,1-2H3,(H,38,39)/p+1/b8-6+,12-10+,21-14+,25-23+,30-27+/t34-/m1/s1. The van der Waals surface area contributed by atoms with Gasteiger partial charge in [-0.15, -0.1) is 0 Å². The second-order valence-corrected chi connectivity index (χ2v) is 12.4. The zero-order valence-corrected chi connectivity index (χ0v) is 28.6. The number of hydrogen-bond acceptors (Lipinski definition) is 6. The first-order chi connectivity index (χ1) is 21.4. The molecule has 1 unspecified atom stereocenters. The number of carbonyl (C=O) groups is 1. The Balaban J connectivity index is 4.28. The summed E-state index contributed by atoms with van der Waals surface area (Å²) < 4.78 is 32.9. The number of rotatable bonds is 31. The molecule has 0 saturated heterocycles. The van der Waals surface area contributed by atoms with Crippen LogP contribution in [0.5, 0.6) is 0 Å². The third kappa shape index (κ3) is 31.5. The molecule has 2 atom stereocenters. The lowest BCUT2D eigenvalue weighted by Gasteiger charge is -2.19. The highest BCUT2D eigenvalue weighted by Crippen LogP contribution is 2.43. The SMILES string of the molecule is CC/C=C/C=C/C=C/C=C/C=C/OC[C@H](COP(=O)(O)OCC[NH3+])OC(=O)CCCCCCCCCCCCCCCCC. The number of allylic oxidation sites excluding steroid dienone is 9. The Bertz CT molecular complexity index is 854. The third-order valence-electron chi connectivity index (χ3n) is 6.71. The molecule has 0 rings (SSSR count). The zero-order valence-electron chi connectivity index (χ0n) is 27.8. The normalized spacial score (nSPS) is 14.5. The van der Waals surface area contributed by atoms with Gasteiger partial charge in [0.25, 0.3) is 0 Å². The quantitative estimate of drug-likeness (QED) is 0.0256. The van der Waals surface area contributed by atoms with Gasteiger partial charge >= 0.3 is 13.8 Å². The largest absolute Gasteiger partial charge is 0.497 e. The fourth-order valence-electron chi connectivity index (χ4n) is 4.26. The molecule has 254 valence electrons. The highest BCUT2D eigenvalue weighted by molar-refractivity contribution is 7.47. The Kier molecular flexibility index (Phi) is 31.0. The van der Waals surface area contributed by atoms with Gasteiger partial charge in [-0.2, -0.15) is 0 Å². The lowest BCUT2D eigenvalue weighted by atomic mass is 10.0. The van der Waals surface area contributed by atoms with Crippen LogP contribution in [0.3, 0.4) is 0 Å². The van der Waals surface area contributed by atoms with E-state index in [1.54, 1.807) is 12.2 Å². The van der Waals surface area contributed by atoms with Crippen molar-refractivity contribution in [3.63, 3.8) is 0 Å². The van der Waals surface area contributed by atoms with Crippen LogP contribution in [0.1, 0.15) is 123 Å². The van der Waals surface area contributed by atoms with Crippen molar-refractivity contribution in [2.24, 2.45) is 0 Å². The molecule has 0 amide bonds. The Morgan fingerprint density at radius 1 is 0.705 bits per heavy atom. The fourth-order valence-corrected chi connectivity index (χ4v) is 5.05. The third-order valence-corrected chi connectivity index (χ3v) is 7.70. The van der Waals surface area contributed by atoms with E-state index in [0.29, 0.717) is 6.54 Å². The molecule has 0 aliphatic carbocycles. The Morgan fingerprint density at radius 3 is 1.73 bits per heavy atom. The summed E-state index contributed by atoms with van der Waals surface area (Å²) in [5.74, 6) is -0.376. The lowest BCUT2D eigenvalue weighted by Crippen LogP contribution is -2.52. The van der Waals surface area contributed by atoms with E-state index in [1.165, 1.54) is 83.3 Å². The summed E-state index contributed by atoms with van der Waals surface area (Å²) in [4.78, 5) is 22.3. The van der Waals surface area contributed by atoms with Crippen LogP contribution in [-0.2, 0) is 27.9 Å². The van der Waals surface area contributed by atoms with Crippen LogP contribution >= 0.6 is 7.82 Å². The summed E-state index contributed by atoms with van der Waals surface area (Å²) in [6, 6.07) is 0. The number of phosphoric ester groups is 1. The first-order valence-corrected chi connectivity index (χ1v) is 18.5. The maximum Gasteiger partial charge on any atom is 0.472 e. The van der Waals surface area contributed by atoms with Crippen LogP contribution in [0, 0.1) is 0 Å². The van der Waals surface area contributed by atoms with Crippen molar-refractivity contribution < 1.29 is 38.5 Å². The predicted molar refractivity (Wildman–Crippen MR) is 181 cm³/mol. The minimum atomic E-state index is -4.26. The zero-order chi connectivity index (χ0) is 32.4. The molecule has 0 aliphatic heterocycles. The van der Waals surface area contributed by atoms with Crippen molar-refractivity contribution in [3.8, 4) is 0 Å². The summed E-state index contributed by atoms with van der Waals surface area (Å²) >= 11 is 0. The molecule has 9 heteroatoms. The van der Waals surface area contributed by atoms with E-state index in [9.17, 15) is 14.3 Å². The average Bonchev–Trinajstić information content (AvgIpc) is 3.01. The maximum atomic E-state index is 12.5. The number of ether oxygens (including phenoxy) is 2. The smallest absolute Gasteiger partial charge is 0.472 e. The first-order valence-electron chi connectivity index (χ1n) is 17.0. The average molecular weight is 641 g/mol. The van der Waals surface area contributed by atoms with Gasteiger partial charge in [-0.1, -0.05) is 152 Å². The Morgan fingerprint density at radius 2 is 1.20 bits per heavy atom. The van der Waals surface area contributed by atoms with E-state index in [2.05, 4.69) is 25.7 Å². The molecule has 8 nitrogen and oxygen atoms in total. The summed E-state index contributed by atoms with van der Waals surface area (Å²) in [5.41, 5.74) is 3.57. The summed E-state index contributed by atoms with van der Waals surface area (Å²) in [5, 5.41) is 0. The van der Waals surface area contributed by atoms with Gasteiger partial charge in [0, 0.05) is 6.42 Å². The van der Waals surface area contributed by atoms with Gasteiger partial charge in [0.15, 0.2) is 6.10 Å². The molecule has 0 spiro atoms. The molecule has 0 saturated carbocycles. The molecule has 0 aromatic heterocycles. The molecule has 0 fully saturated rings. The van der Waals surface area contributed by atoms with Crippen molar-refractivity contribution in [1.82, 2.24) is 0 Å². The Labute approximate surface area is 268 Å². The molecular weight excluding hydrogens is 577 g/mol. The molecule has 0 heterocycles. The van der Waals surface area contributed by atoms with Gasteiger partial charge in [-0.25, -0.2) is 4.57 Å². The number of esters is 1. The van der Waals surface area contributed by atoms with Crippen LogP contribution < -0.4 is 5.73 Å². The van der Waals surface area contributed by atoms with E-state index >= 15 is 0 Å². The second-order valence-electron chi connectivity index (χ2n) is 10.9. The topological polar surface area (TPSA) is 119 Å². The van der Waals surface area contributed by atoms with Gasteiger partial charge in [0.1, 0.15) is 13.2 Å². The highest BCUT2D eigenvalue weighted by Gasteiger charge is 2.25. The van der Waals surface area contributed by atoms with Crippen LogP contribution in [0.4, 0.5) is 0 Å². The Hall–Kier alpha value is -1.96. The van der Waals surface area contributed by atoms with Crippen molar-refractivity contribution in [2.75, 3.05) is 26.4 Å². The monoisotopic (exact) mass is 640 g/mol. The van der Waals surface area contributed by atoms with Crippen molar-refractivity contribution in [1.29, 1.82) is 0 Å². The number of hydrogen-bond donors (Lipinski definition) is 2. The second kappa shape index (κ2) is 32.4. The molecule has 0 bridgehead atoms. The molecule has 4 N–H and O–H groups in total. The number of carbonyl (C=O) groups excluding carboxylic acids is 1.